The summed E-state index contributed by atoms with van der Waals surface area (Å²) in [4.78, 5) is 20.2. The Morgan fingerprint density at radius 3 is 2.62 bits per heavy atom. The number of hydrogen-bond donors (Lipinski definition) is 1. The molecule has 2 aromatic heterocycles. The first kappa shape index (κ1) is 18.5. The number of carbonyl (C=O) groups excluding carboxylic acids is 1. The van der Waals surface area contributed by atoms with Gasteiger partial charge in [-0.05, 0) is 32.8 Å². The average Bonchev–Trinajstić information content (AvgIpc) is 2.87. The number of aryl methyl sites for hydroxylation is 2. The molecular formula is C16H18ClF2N5O2. The lowest BCUT2D eigenvalue weighted by molar-refractivity contribution is -0.0399. The fourth-order valence-electron chi connectivity index (χ4n) is 2.84. The molecule has 0 bridgehead atoms. The minimum absolute atomic E-state index is 0.0498. The van der Waals surface area contributed by atoms with E-state index in [4.69, 9.17) is 16.3 Å². The topological polar surface area (TPSA) is 81.9 Å². The maximum absolute atomic E-state index is 13.2. The molecule has 140 valence electrons. The maximum atomic E-state index is 13.2. The molecule has 0 spiro atoms. The maximum Gasteiger partial charge on any atom is 0.414 e. The molecule has 0 unspecified atom stereocenters. The zero-order chi connectivity index (χ0) is 18.9. The molecule has 3 rings (SSSR count). The Bertz CT molecular complexity index is 817. The van der Waals surface area contributed by atoms with E-state index < -0.39 is 12.0 Å². The van der Waals surface area contributed by atoms with Gasteiger partial charge in [-0.2, -0.15) is 15.1 Å². The summed E-state index contributed by atoms with van der Waals surface area (Å²) < 4.78 is 33.0. The Morgan fingerprint density at radius 2 is 2.00 bits per heavy atom. The first-order chi connectivity index (χ1) is 12.2. The van der Waals surface area contributed by atoms with Crippen molar-refractivity contribution in [1.29, 1.82) is 0 Å². The predicted molar refractivity (Wildman–Crippen MR) is 90.0 cm³/mol. The van der Waals surface area contributed by atoms with E-state index >= 15 is 0 Å². The van der Waals surface area contributed by atoms with Crippen LogP contribution in [0.25, 0.3) is 5.95 Å². The van der Waals surface area contributed by atoms with Crippen LogP contribution in [-0.2, 0) is 0 Å². The number of nitrogens with zero attached hydrogens (tertiary/aromatic N) is 4. The van der Waals surface area contributed by atoms with Crippen molar-refractivity contribution in [3.05, 3.63) is 28.7 Å². The van der Waals surface area contributed by atoms with Crippen LogP contribution in [0.15, 0.2) is 12.1 Å². The van der Waals surface area contributed by atoms with E-state index in [2.05, 4.69) is 20.4 Å². The number of aromatic nitrogens is 4. The zero-order valence-electron chi connectivity index (χ0n) is 14.3. The summed E-state index contributed by atoms with van der Waals surface area (Å²) in [6, 6.07) is 2.79. The Balaban J connectivity index is 1.68. The lowest BCUT2D eigenvalue weighted by Gasteiger charge is -2.28. The number of alkyl halides is 2. The highest BCUT2D eigenvalue weighted by atomic mass is 35.5. The number of hydrogen-bond acceptors (Lipinski definition) is 5. The van der Waals surface area contributed by atoms with E-state index in [1.54, 1.807) is 0 Å². The zero-order valence-corrected chi connectivity index (χ0v) is 15.1. The molecule has 0 aromatic carbocycles. The molecule has 1 fully saturated rings. The average molecular weight is 386 g/mol. The fraction of sp³-hybridized carbons (Fsp3) is 0.500. The summed E-state index contributed by atoms with van der Waals surface area (Å²) in [7, 11) is 0. The third-order valence-electron chi connectivity index (χ3n) is 4.09. The third kappa shape index (κ3) is 4.46. The van der Waals surface area contributed by atoms with Crippen molar-refractivity contribution in [3.8, 4) is 11.8 Å². The van der Waals surface area contributed by atoms with Crippen molar-refractivity contribution < 1.29 is 18.3 Å². The first-order valence-electron chi connectivity index (χ1n) is 8.16. The van der Waals surface area contributed by atoms with Crippen LogP contribution in [0, 0.1) is 13.8 Å². The van der Waals surface area contributed by atoms with Crippen LogP contribution in [0.5, 0.6) is 5.88 Å². The Kier molecular flexibility index (Phi) is 5.08. The molecule has 1 saturated carbocycles. The molecule has 1 N–H and O–H groups in total. The van der Waals surface area contributed by atoms with E-state index in [9.17, 15) is 13.6 Å². The molecular weight excluding hydrogens is 368 g/mol. The van der Waals surface area contributed by atoms with E-state index in [0.717, 1.165) is 11.4 Å². The van der Waals surface area contributed by atoms with E-state index in [1.165, 1.54) is 10.7 Å². The van der Waals surface area contributed by atoms with Gasteiger partial charge in [-0.3, -0.25) is 0 Å². The van der Waals surface area contributed by atoms with Gasteiger partial charge in [0.2, 0.25) is 11.8 Å². The molecule has 1 aliphatic rings. The van der Waals surface area contributed by atoms with Crippen LogP contribution in [0.3, 0.4) is 0 Å². The smallest absolute Gasteiger partial charge is 0.391 e. The van der Waals surface area contributed by atoms with Crippen molar-refractivity contribution in [2.75, 3.05) is 0 Å². The van der Waals surface area contributed by atoms with Crippen molar-refractivity contribution in [1.82, 2.24) is 25.1 Å². The van der Waals surface area contributed by atoms with Gasteiger partial charge in [0.05, 0.1) is 5.69 Å². The summed E-state index contributed by atoms with van der Waals surface area (Å²) in [6.45, 7) is 3.66. The predicted octanol–water partition coefficient (Wildman–Crippen LogP) is 3.60. The van der Waals surface area contributed by atoms with Crippen LogP contribution < -0.4 is 10.1 Å². The molecule has 10 heteroatoms. The lowest BCUT2D eigenvalue weighted by Crippen LogP contribution is -2.41. The van der Waals surface area contributed by atoms with Gasteiger partial charge in [0.25, 0.3) is 5.95 Å². The minimum Gasteiger partial charge on any atom is -0.391 e. The molecule has 0 atom stereocenters. The van der Waals surface area contributed by atoms with Gasteiger partial charge in [0, 0.05) is 30.6 Å². The minimum atomic E-state index is -2.66. The fourth-order valence-corrected chi connectivity index (χ4v) is 3.01. The van der Waals surface area contributed by atoms with Crippen LogP contribution >= 0.6 is 11.6 Å². The number of ether oxygens (including phenoxy) is 1. The number of rotatable bonds is 3. The van der Waals surface area contributed by atoms with Gasteiger partial charge in [0.1, 0.15) is 5.15 Å². The molecule has 7 nitrogen and oxygen atoms in total. The largest absolute Gasteiger partial charge is 0.414 e. The second-order valence-corrected chi connectivity index (χ2v) is 6.72. The van der Waals surface area contributed by atoms with Crippen LogP contribution in [0.1, 0.15) is 37.1 Å². The van der Waals surface area contributed by atoms with Gasteiger partial charge < -0.3 is 10.1 Å². The summed E-state index contributed by atoms with van der Waals surface area (Å²) >= 11 is 5.98. The Hall–Kier alpha value is -2.29. The molecule has 0 radical (unpaired) electrons. The molecule has 2 heterocycles. The SMILES string of the molecule is Cc1cc(C)n(-c2nc(Cl)cc(OC(=O)NC3CCC(F)(F)CC3)n2)n1. The van der Waals surface area contributed by atoms with Crippen LogP contribution in [0.2, 0.25) is 5.15 Å². The molecule has 1 amide bonds. The van der Waals surface area contributed by atoms with Crippen LogP contribution in [-0.4, -0.2) is 37.8 Å². The van der Waals surface area contributed by atoms with Gasteiger partial charge in [0.15, 0.2) is 0 Å². The highest BCUT2D eigenvalue weighted by molar-refractivity contribution is 6.29. The summed E-state index contributed by atoms with van der Waals surface area (Å²) in [5, 5.41) is 6.92. The third-order valence-corrected chi connectivity index (χ3v) is 4.29. The Morgan fingerprint density at radius 1 is 1.31 bits per heavy atom. The van der Waals surface area contributed by atoms with Gasteiger partial charge in [-0.15, -0.1) is 0 Å². The van der Waals surface area contributed by atoms with Crippen molar-refractivity contribution >= 4 is 17.7 Å². The quantitative estimate of drug-likeness (QED) is 0.816. The number of carbonyl (C=O) groups is 1. The normalized spacial score (nSPS) is 17.1. The van der Waals surface area contributed by atoms with Crippen molar-refractivity contribution in [2.45, 2.75) is 51.5 Å². The highest BCUT2D eigenvalue weighted by Crippen LogP contribution is 2.33. The van der Waals surface area contributed by atoms with E-state index in [0.29, 0.717) is 0 Å². The van der Waals surface area contributed by atoms with Crippen molar-refractivity contribution in [2.24, 2.45) is 0 Å². The number of halogens is 3. The second kappa shape index (κ2) is 7.14. The van der Waals surface area contributed by atoms with Gasteiger partial charge in [-0.1, -0.05) is 11.6 Å². The molecule has 2 aromatic rings. The monoisotopic (exact) mass is 385 g/mol. The summed E-state index contributed by atoms with van der Waals surface area (Å²) in [6.07, 6.45) is -0.874. The Labute approximate surface area is 153 Å². The lowest BCUT2D eigenvalue weighted by atomic mass is 9.92. The standard InChI is InChI=1S/C16H18ClF2N5O2/c1-9-7-10(2)24(23-9)14-21-12(17)8-13(22-14)26-15(25)20-11-3-5-16(18,19)6-4-11/h7-8,11H,3-6H2,1-2H3,(H,20,25). The van der Waals surface area contributed by atoms with Crippen molar-refractivity contribution in [3.63, 3.8) is 0 Å². The molecule has 1 aliphatic carbocycles. The molecule has 26 heavy (non-hydrogen) atoms. The second-order valence-electron chi connectivity index (χ2n) is 6.33. The molecule has 0 aliphatic heterocycles. The van der Waals surface area contributed by atoms with Gasteiger partial charge >= 0.3 is 6.09 Å². The van der Waals surface area contributed by atoms with Crippen LogP contribution in [0.4, 0.5) is 13.6 Å². The first-order valence-corrected chi connectivity index (χ1v) is 8.54. The summed E-state index contributed by atoms with van der Waals surface area (Å²) in [5.41, 5.74) is 1.57. The number of amides is 1. The van der Waals surface area contributed by atoms with E-state index in [1.807, 2.05) is 19.9 Å². The highest BCUT2D eigenvalue weighted by Gasteiger charge is 2.35. The summed E-state index contributed by atoms with van der Waals surface area (Å²) in [5.74, 6) is -2.54. The molecule has 0 saturated heterocycles. The van der Waals surface area contributed by atoms with Gasteiger partial charge in [-0.25, -0.2) is 18.3 Å². The number of nitrogens with one attached hydrogen (secondary N) is 1. The van der Waals surface area contributed by atoms with E-state index in [-0.39, 0.29) is 48.7 Å².